The van der Waals surface area contributed by atoms with Gasteiger partial charge >= 0.3 is 6.01 Å². The van der Waals surface area contributed by atoms with Gasteiger partial charge in [-0.2, -0.15) is 15.0 Å². The Morgan fingerprint density at radius 1 is 1.22 bits per heavy atom. The van der Waals surface area contributed by atoms with E-state index in [2.05, 4.69) is 20.3 Å². The lowest BCUT2D eigenvalue weighted by Gasteiger charge is -2.14. The van der Waals surface area contributed by atoms with Gasteiger partial charge in [0.15, 0.2) is 0 Å². The molecule has 0 amide bonds. The first kappa shape index (κ1) is 14.4. The number of hydrogen-bond donors (Lipinski definition) is 2. The topological polar surface area (TPSA) is 95.2 Å². The Hall–Kier alpha value is -1.63. The molecule has 0 radical (unpaired) electrons. The minimum Gasteiger partial charge on any atom is -0.461 e. The second-order valence-electron chi connectivity index (χ2n) is 4.17. The van der Waals surface area contributed by atoms with Crippen molar-refractivity contribution in [1.29, 1.82) is 0 Å². The molecule has 102 valence electrons. The molecule has 1 aromatic heterocycles. The third kappa shape index (κ3) is 5.13. The van der Waals surface area contributed by atoms with Crippen LogP contribution in [0.4, 0.5) is 11.9 Å². The molecule has 0 saturated carbocycles. The molecule has 7 nitrogen and oxygen atoms in total. The molecule has 0 fully saturated rings. The Balaban J connectivity index is 2.67. The van der Waals surface area contributed by atoms with Crippen LogP contribution in [0, 0.1) is 0 Å². The summed E-state index contributed by atoms with van der Waals surface area (Å²) in [6.07, 6.45) is -0.0134. The van der Waals surface area contributed by atoms with Crippen LogP contribution in [0.25, 0.3) is 0 Å². The van der Waals surface area contributed by atoms with Crippen molar-refractivity contribution in [3.05, 3.63) is 0 Å². The van der Waals surface area contributed by atoms with Gasteiger partial charge in [-0.1, -0.05) is 0 Å². The third-order valence-corrected chi connectivity index (χ3v) is 1.92. The summed E-state index contributed by atoms with van der Waals surface area (Å²) in [5, 5.41) is 3.08. The Morgan fingerprint density at radius 2 is 1.94 bits per heavy atom. The monoisotopic (exact) mass is 255 g/mol. The van der Waals surface area contributed by atoms with Crippen LogP contribution in [-0.2, 0) is 4.74 Å². The summed E-state index contributed by atoms with van der Waals surface area (Å²) in [6.45, 7) is 8.95. The molecule has 18 heavy (non-hydrogen) atoms. The zero-order chi connectivity index (χ0) is 13.5. The highest BCUT2D eigenvalue weighted by atomic mass is 16.5. The number of nitrogens with two attached hydrogens (primary N) is 1. The molecule has 0 aliphatic rings. The summed E-state index contributed by atoms with van der Waals surface area (Å²) in [4.78, 5) is 12.0. The van der Waals surface area contributed by atoms with Gasteiger partial charge in [-0.05, 0) is 27.7 Å². The third-order valence-electron chi connectivity index (χ3n) is 1.92. The maximum atomic E-state index is 5.60. The maximum absolute atomic E-state index is 5.60. The first-order valence-corrected chi connectivity index (χ1v) is 6.03. The van der Waals surface area contributed by atoms with Gasteiger partial charge in [-0.3, -0.25) is 0 Å². The normalized spacial score (nSPS) is 12.5. The van der Waals surface area contributed by atoms with E-state index in [9.17, 15) is 0 Å². The Morgan fingerprint density at radius 3 is 2.56 bits per heavy atom. The average Bonchev–Trinajstić information content (AvgIpc) is 2.24. The van der Waals surface area contributed by atoms with Crippen molar-refractivity contribution in [1.82, 2.24) is 15.0 Å². The van der Waals surface area contributed by atoms with E-state index in [1.807, 2.05) is 27.7 Å². The molecule has 1 atom stereocenters. The van der Waals surface area contributed by atoms with Crippen molar-refractivity contribution < 1.29 is 9.47 Å². The SMILES string of the molecule is CCOCC(C)Nc1nc(N)nc(OC(C)C)n1. The smallest absolute Gasteiger partial charge is 0.323 e. The summed E-state index contributed by atoms with van der Waals surface area (Å²) in [6, 6.07) is 0.308. The van der Waals surface area contributed by atoms with E-state index < -0.39 is 0 Å². The Labute approximate surface area is 107 Å². The number of anilines is 2. The van der Waals surface area contributed by atoms with E-state index in [4.69, 9.17) is 15.2 Å². The minimum absolute atomic E-state index is 0.0134. The molecular weight excluding hydrogens is 234 g/mol. The maximum Gasteiger partial charge on any atom is 0.323 e. The van der Waals surface area contributed by atoms with E-state index >= 15 is 0 Å². The summed E-state index contributed by atoms with van der Waals surface area (Å²) in [5.74, 6) is 0.525. The van der Waals surface area contributed by atoms with E-state index in [-0.39, 0.29) is 24.1 Å². The minimum atomic E-state index is -0.0134. The highest BCUT2D eigenvalue weighted by Crippen LogP contribution is 2.11. The molecule has 3 N–H and O–H groups in total. The van der Waals surface area contributed by atoms with E-state index in [1.54, 1.807) is 0 Å². The lowest BCUT2D eigenvalue weighted by molar-refractivity contribution is 0.141. The molecule has 0 spiro atoms. The first-order valence-electron chi connectivity index (χ1n) is 6.03. The van der Waals surface area contributed by atoms with Crippen molar-refractivity contribution in [2.45, 2.75) is 39.8 Å². The number of aromatic nitrogens is 3. The van der Waals surface area contributed by atoms with Gasteiger partial charge in [0.05, 0.1) is 12.7 Å². The first-order chi connectivity index (χ1) is 8.51. The fraction of sp³-hybridized carbons (Fsp3) is 0.727. The Kier molecular flexibility index (Phi) is 5.57. The van der Waals surface area contributed by atoms with E-state index in [0.29, 0.717) is 19.2 Å². The van der Waals surface area contributed by atoms with Gasteiger partial charge in [0.1, 0.15) is 0 Å². The van der Waals surface area contributed by atoms with Crippen molar-refractivity contribution in [2.24, 2.45) is 0 Å². The lowest BCUT2D eigenvalue weighted by atomic mass is 10.4. The van der Waals surface area contributed by atoms with Crippen LogP contribution in [0.1, 0.15) is 27.7 Å². The fourth-order valence-corrected chi connectivity index (χ4v) is 1.26. The number of hydrogen-bond acceptors (Lipinski definition) is 7. The van der Waals surface area contributed by atoms with Gasteiger partial charge in [0, 0.05) is 12.6 Å². The largest absolute Gasteiger partial charge is 0.461 e. The molecule has 7 heteroatoms. The van der Waals surface area contributed by atoms with Crippen LogP contribution in [-0.4, -0.2) is 40.3 Å². The summed E-state index contributed by atoms with van der Waals surface area (Å²) >= 11 is 0. The van der Waals surface area contributed by atoms with Crippen LogP contribution in [0.2, 0.25) is 0 Å². The standard InChI is InChI=1S/C11H21N5O2/c1-5-17-6-8(4)13-10-14-9(12)15-11(16-10)18-7(2)3/h7-8H,5-6H2,1-4H3,(H3,12,13,14,15,16). The highest BCUT2D eigenvalue weighted by Gasteiger charge is 2.09. The van der Waals surface area contributed by atoms with Crippen LogP contribution in [0.15, 0.2) is 0 Å². The fourth-order valence-electron chi connectivity index (χ4n) is 1.26. The molecule has 1 rings (SSSR count). The number of nitrogens with zero attached hydrogens (tertiary/aromatic N) is 3. The predicted molar refractivity (Wildman–Crippen MR) is 69.6 cm³/mol. The average molecular weight is 255 g/mol. The van der Waals surface area contributed by atoms with Gasteiger partial charge in [0.2, 0.25) is 11.9 Å². The van der Waals surface area contributed by atoms with Crippen LogP contribution >= 0.6 is 0 Å². The molecule has 1 aromatic rings. The summed E-state index contributed by atoms with van der Waals surface area (Å²) in [7, 11) is 0. The van der Waals surface area contributed by atoms with Crippen molar-refractivity contribution >= 4 is 11.9 Å². The van der Waals surface area contributed by atoms with Gasteiger partial charge in [-0.25, -0.2) is 0 Å². The molecule has 1 unspecified atom stereocenters. The number of rotatable bonds is 7. The van der Waals surface area contributed by atoms with Crippen molar-refractivity contribution in [2.75, 3.05) is 24.3 Å². The van der Waals surface area contributed by atoms with Crippen LogP contribution in [0.5, 0.6) is 6.01 Å². The predicted octanol–water partition coefficient (Wildman–Crippen LogP) is 1.08. The zero-order valence-corrected chi connectivity index (χ0v) is 11.3. The molecule has 0 aliphatic heterocycles. The van der Waals surface area contributed by atoms with Gasteiger partial charge < -0.3 is 20.5 Å². The zero-order valence-electron chi connectivity index (χ0n) is 11.3. The Bertz CT molecular complexity index is 372. The van der Waals surface area contributed by atoms with Crippen molar-refractivity contribution in [3.63, 3.8) is 0 Å². The van der Waals surface area contributed by atoms with Crippen LogP contribution < -0.4 is 15.8 Å². The van der Waals surface area contributed by atoms with E-state index in [1.165, 1.54) is 0 Å². The molecule has 1 heterocycles. The molecule has 0 aromatic carbocycles. The summed E-state index contributed by atoms with van der Waals surface area (Å²) < 4.78 is 10.7. The van der Waals surface area contributed by atoms with Crippen LogP contribution in [0.3, 0.4) is 0 Å². The lowest BCUT2D eigenvalue weighted by Crippen LogP contribution is -2.23. The van der Waals surface area contributed by atoms with E-state index in [0.717, 1.165) is 0 Å². The van der Waals surface area contributed by atoms with Gasteiger partial charge in [-0.15, -0.1) is 0 Å². The number of ether oxygens (including phenoxy) is 2. The number of nitrogens with one attached hydrogen (secondary N) is 1. The molecule has 0 saturated heterocycles. The van der Waals surface area contributed by atoms with Gasteiger partial charge in [0.25, 0.3) is 0 Å². The highest BCUT2D eigenvalue weighted by molar-refractivity contribution is 5.33. The molecule has 0 bridgehead atoms. The molecular formula is C11H21N5O2. The quantitative estimate of drug-likeness (QED) is 0.752. The summed E-state index contributed by atoms with van der Waals surface area (Å²) in [5.41, 5.74) is 5.60. The second-order valence-corrected chi connectivity index (χ2v) is 4.17. The molecule has 0 aliphatic carbocycles. The second kappa shape index (κ2) is 6.95. The number of nitrogen functional groups attached to an aromatic ring is 1. The van der Waals surface area contributed by atoms with Crippen molar-refractivity contribution in [3.8, 4) is 6.01 Å².